The van der Waals surface area contributed by atoms with Crippen molar-refractivity contribution in [1.29, 1.82) is 0 Å². The molecule has 0 amide bonds. The highest BCUT2D eigenvalue weighted by Crippen LogP contribution is 2.31. The molecule has 0 fully saturated rings. The Kier molecular flexibility index (Phi) is 2.65. The summed E-state index contributed by atoms with van der Waals surface area (Å²) in [6, 6.07) is 0. The van der Waals surface area contributed by atoms with Crippen LogP contribution in [-0.4, -0.2) is 23.0 Å². The predicted octanol–water partition coefficient (Wildman–Crippen LogP) is 1.64. The summed E-state index contributed by atoms with van der Waals surface area (Å²) in [6.07, 6.45) is 0. The van der Waals surface area contributed by atoms with E-state index in [1.165, 1.54) is 29.8 Å². The second-order valence-corrected chi connectivity index (χ2v) is 4.34. The Balaban J connectivity index is 2.52. The van der Waals surface area contributed by atoms with Crippen LogP contribution in [0, 0.1) is 0 Å². The van der Waals surface area contributed by atoms with Gasteiger partial charge in [-0.05, 0) is 0 Å². The van der Waals surface area contributed by atoms with E-state index in [0.29, 0.717) is 15.7 Å². The lowest BCUT2D eigenvalue weighted by molar-refractivity contribution is 0.0596. The molecule has 0 saturated carbocycles. The molecule has 2 aromatic rings. The number of hydrogen-bond donors (Lipinski definition) is 1. The fourth-order valence-electron chi connectivity index (χ4n) is 1.07. The van der Waals surface area contributed by atoms with Gasteiger partial charge in [-0.25, -0.2) is 14.8 Å². The first kappa shape index (κ1) is 10.1. The molecule has 78 valence electrons. The minimum Gasteiger partial charge on any atom is -0.464 e. The van der Waals surface area contributed by atoms with E-state index in [1.54, 1.807) is 5.51 Å². The van der Waals surface area contributed by atoms with Crippen LogP contribution in [0.3, 0.4) is 0 Å². The molecule has 0 radical (unpaired) electrons. The molecule has 15 heavy (non-hydrogen) atoms. The molecule has 0 aromatic carbocycles. The number of methoxy groups -OCH3 is 1. The van der Waals surface area contributed by atoms with Crippen LogP contribution in [-0.2, 0) is 4.74 Å². The fourth-order valence-corrected chi connectivity index (χ4v) is 2.48. The van der Waals surface area contributed by atoms with Crippen molar-refractivity contribution in [1.82, 2.24) is 9.97 Å². The van der Waals surface area contributed by atoms with Gasteiger partial charge in [-0.2, -0.15) is 0 Å². The number of esters is 1. The van der Waals surface area contributed by atoms with E-state index < -0.39 is 5.97 Å². The molecule has 0 aliphatic carbocycles. The molecule has 2 heterocycles. The second-order valence-electron chi connectivity index (χ2n) is 2.60. The van der Waals surface area contributed by atoms with Crippen molar-refractivity contribution >= 4 is 33.8 Å². The van der Waals surface area contributed by atoms with Crippen molar-refractivity contribution in [3.05, 3.63) is 16.6 Å². The van der Waals surface area contributed by atoms with Crippen LogP contribution >= 0.6 is 22.7 Å². The van der Waals surface area contributed by atoms with E-state index in [4.69, 9.17) is 5.73 Å². The predicted molar refractivity (Wildman–Crippen MR) is 59.0 cm³/mol. The zero-order valence-corrected chi connectivity index (χ0v) is 9.39. The summed E-state index contributed by atoms with van der Waals surface area (Å²) in [5.41, 5.74) is 8.17. The number of nitrogens with two attached hydrogens (primary N) is 1. The third kappa shape index (κ3) is 1.83. The van der Waals surface area contributed by atoms with Crippen LogP contribution in [0.4, 0.5) is 5.13 Å². The Hall–Kier alpha value is -1.47. The molecule has 0 bridgehead atoms. The van der Waals surface area contributed by atoms with Gasteiger partial charge in [0, 0.05) is 5.38 Å². The number of nitrogens with zero attached hydrogens (tertiary/aromatic N) is 2. The number of ether oxygens (including phenoxy) is 1. The van der Waals surface area contributed by atoms with Crippen LogP contribution < -0.4 is 5.73 Å². The van der Waals surface area contributed by atoms with Crippen molar-refractivity contribution < 1.29 is 9.53 Å². The lowest BCUT2D eigenvalue weighted by Crippen LogP contribution is -2.03. The lowest BCUT2D eigenvalue weighted by Gasteiger charge is -1.96. The van der Waals surface area contributed by atoms with Crippen LogP contribution in [0.1, 0.15) is 10.5 Å². The first-order valence-corrected chi connectivity index (χ1v) is 5.71. The lowest BCUT2D eigenvalue weighted by atomic mass is 10.3. The number of aromatic nitrogens is 2. The maximum atomic E-state index is 11.4. The van der Waals surface area contributed by atoms with Crippen LogP contribution in [0.2, 0.25) is 0 Å². The monoisotopic (exact) mass is 241 g/mol. The van der Waals surface area contributed by atoms with E-state index in [2.05, 4.69) is 14.7 Å². The van der Waals surface area contributed by atoms with Crippen LogP contribution in [0.15, 0.2) is 10.9 Å². The highest BCUT2D eigenvalue weighted by molar-refractivity contribution is 7.19. The summed E-state index contributed by atoms with van der Waals surface area (Å²) in [7, 11) is 1.31. The topological polar surface area (TPSA) is 78.1 Å². The number of hydrogen-bond acceptors (Lipinski definition) is 7. The summed E-state index contributed by atoms with van der Waals surface area (Å²) in [5.74, 6) is -0.494. The number of anilines is 1. The molecule has 0 saturated heterocycles. The highest BCUT2D eigenvalue weighted by atomic mass is 32.1. The molecule has 0 spiro atoms. The Labute approximate surface area is 93.6 Å². The summed E-state index contributed by atoms with van der Waals surface area (Å²) in [5, 5.41) is 2.16. The molecular formula is C8H7N3O2S2. The Morgan fingerprint density at radius 3 is 3.00 bits per heavy atom. The Morgan fingerprint density at radius 1 is 1.60 bits per heavy atom. The number of thiazole rings is 2. The van der Waals surface area contributed by atoms with Gasteiger partial charge in [0.2, 0.25) is 0 Å². The van der Waals surface area contributed by atoms with Gasteiger partial charge in [0.15, 0.2) is 10.8 Å². The highest BCUT2D eigenvalue weighted by Gasteiger charge is 2.20. The average Bonchev–Trinajstić information content (AvgIpc) is 2.84. The molecule has 5 nitrogen and oxygen atoms in total. The van der Waals surface area contributed by atoms with E-state index in [0.717, 1.165) is 0 Å². The quantitative estimate of drug-likeness (QED) is 0.808. The molecule has 2 rings (SSSR count). The molecular weight excluding hydrogens is 234 g/mol. The summed E-state index contributed by atoms with van der Waals surface area (Å²) in [4.78, 5) is 20.1. The van der Waals surface area contributed by atoms with Crippen molar-refractivity contribution in [2.24, 2.45) is 0 Å². The van der Waals surface area contributed by atoms with Gasteiger partial charge in [-0.15, -0.1) is 11.3 Å². The van der Waals surface area contributed by atoms with Gasteiger partial charge in [-0.1, -0.05) is 11.3 Å². The summed E-state index contributed by atoms with van der Waals surface area (Å²) in [6.45, 7) is 0. The molecule has 7 heteroatoms. The van der Waals surface area contributed by atoms with Gasteiger partial charge >= 0.3 is 5.97 Å². The first-order valence-electron chi connectivity index (χ1n) is 3.95. The van der Waals surface area contributed by atoms with Gasteiger partial charge in [-0.3, -0.25) is 0 Å². The molecule has 2 aromatic heterocycles. The van der Waals surface area contributed by atoms with E-state index in [1.807, 2.05) is 5.38 Å². The third-order valence-corrected chi connectivity index (χ3v) is 3.18. The maximum Gasteiger partial charge on any atom is 0.358 e. The van der Waals surface area contributed by atoms with Crippen molar-refractivity contribution in [2.75, 3.05) is 12.8 Å². The number of nitrogen functional groups attached to an aromatic ring is 1. The Morgan fingerprint density at radius 2 is 2.40 bits per heavy atom. The van der Waals surface area contributed by atoms with Crippen LogP contribution in [0.25, 0.3) is 10.6 Å². The largest absolute Gasteiger partial charge is 0.464 e. The number of carbonyl (C=O) groups excluding carboxylic acids is 1. The van der Waals surface area contributed by atoms with E-state index >= 15 is 0 Å². The number of rotatable bonds is 2. The van der Waals surface area contributed by atoms with E-state index in [9.17, 15) is 4.79 Å². The molecule has 0 unspecified atom stereocenters. The van der Waals surface area contributed by atoms with Gasteiger partial charge in [0.25, 0.3) is 0 Å². The van der Waals surface area contributed by atoms with Crippen molar-refractivity contribution in [3.63, 3.8) is 0 Å². The summed E-state index contributed by atoms with van der Waals surface area (Å²) < 4.78 is 4.61. The minimum atomic E-state index is -0.494. The molecule has 0 aliphatic rings. The third-order valence-electron chi connectivity index (χ3n) is 1.69. The zero-order valence-electron chi connectivity index (χ0n) is 7.76. The molecule has 2 N–H and O–H groups in total. The minimum absolute atomic E-state index is 0.228. The SMILES string of the molecule is COC(=O)c1nc(N)sc1-c1cscn1. The average molecular weight is 241 g/mol. The zero-order chi connectivity index (χ0) is 10.8. The number of carbonyl (C=O) groups is 1. The molecule has 0 aliphatic heterocycles. The Bertz CT molecular complexity index is 478. The normalized spacial score (nSPS) is 10.2. The maximum absolute atomic E-state index is 11.4. The standard InChI is InChI=1S/C8H7N3O2S2/c1-13-7(12)5-6(15-8(9)11-5)4-2-14-3-10-4/h2-3H,1H3,(H2,9,11). The van der Waals surface area contributed by atoms with Crippen molar-refractivity contribution in [3.8, 4) is 10.6 Å². The van der Waals surface area contributed by atoms with Crippen molar-refractivity contribution in [2.45, 2.75) is 0 Å². The summed E-state index contributed by atoms with van der Waals surface area (Å²) >= 11 is 2.67. The van der Waals surface area contributed by atoms with Gasteiger partial charge in [0.05, 0.1) is 23.2 Å². The van der Waals surface area contributed by atoms with E-state index in [-0.39, 0.29) is 5.69 Å². The fraction of sp³-hybridized carbons (Fsp3) is 0.125. The first-order chi connectivity index (χ1) is 7.22. The second kappa shape index (κ2) is 3.95. The van der Waals surface area contributed by atoms with Crippen LogP contribution in [0.5, 0.6) is 0 Å². The smallest absolute Gasteiger partial charge is 0.358 e. The van der Waals surface area contributed by atoms with Gasteiger partial charge < -0.3 is 10.5 Å². The van der Waals surface area contributed by atoms with Gasteiger partial charge in [0.1, 0.15) is 0 Å². The molecule has 0 atom stereocenters.